The number of nitrogens with one attached hydrogen (secondary N) is 2. The summed E-state index contributed by atoms with van der Waals surface area (Å²) < 4.78 is 1.19. The summed E-state index contributed by atoms with van der Waals surface area (Å²) in [5.74, 6) is -9.99. The molecule has 5 aromatic rings. The number of aromatic nitrogens is 5. The van der Waals surface area contributed by atoms with Crippen molar-refractivity contribution in [1.82, 2.24) is 24.1 Å². The Kier molecular flexibility index (Phi) is 15.0. The fourth-order valence-electron chi connectivity index (χ4n) is 5.83. The van der Waals surface area contributed by atoms with Crippen molar-refractivity contribution in [2.24, 2.45) is 20.5 Å². The number of carbonyl (C=O) groups is 5. The van der Waals surface area contributed by atoms with Crippen molar-refractivity contribution < 1.29 is 59.7 Å². The first kappa shape index (κ1) is 49.2. The molecule has 3 aromatic heterocycles. The monoisotopic (exact) mass is 949 g/mol. The number of nitrogens with zero attached hydrogens (tertiary/aromatic N) is 11. The number of rotatable bonds is 19. The third-order valence-corrected chi connectivity index (χ3v) is 10.0. The van der Waals surface area contributed by atoms with Crippen molar-refractivity contribution in [1.29, 1.82) is 5.26 Å². The Bertz CT molecular complexity index is 3260. The van der Waals surface area contributed by atoms with Crippen LogP contribution in [0.4, 0.5) is 40.3 Å². The van der Waals surface area contributed by atoms with Gasteiger partial charge in [0.25, 0.3) is 16.8 Å². The van der Waals surface area contributed by atoms with Gasteiger partial charge in [-0.3, -0.25) is 19.0 Å². The van der Waals surface area contributed by atoms with Crippen LogP contribution in [0, 0.1) is 31.8 Å². The summed E-state index contributed by atoms with van der Waals surface area (Å²) in [6, 6.07) is 7.50. The van der Waals surface area contributed by atoms with Crippen LogP contribution in [0.25, 0.3) is 10.7 Å². The van der Waals surface area contributed by atoms with Crippen molar-refractivity contribution in [3.8, 4) is 17.8 Å². The number of azo groups is 2. The molecule has 0 fully saturated rings. The number of anilines is 2. The average molecular weight is 950 g/mol. The highest BCUT2D eigenvalue weighted by Gasteiger charge is 2.24. The summed E-state index contributed by atoms with van der Waals surface area (Å²) in [6.45, 7) is 13.1. The lowest BCUT2D eigenvalue weighted by molar-refractivity contribution is -0.136. The predicted octanol–water partition coefficient (Wildman–Crippen LogP) is 5.49. The van der Waals surface area contributed by atoms with E-state index in [1.54, 1.807) is 6.07 Å². The molecule has 3 heterocycles. The van der Waals surface area contributed by atoms with Gasteiger partial charge in [0.15, 0.2) is 10.8 Å². The first-order chi connectivity index (χ1) is 32.2. The van der Waals surface area contributed by atoms with Gasteiger partial charge in [0.2, 0.25) is 23.7 Å². The maximum atomic E-state index is 13.9. The molecule has 27 nitrogen and oxygen atoms in total. The second-order valence-corrected chi connectivity index (χ2v) is 14.5. The summed E-state index contributed by atoms with van der Waals surface area (Å²) in [5.41, 5.74) is -7.17. The van der Waals surface area contributed by atoms with Crippen LogP contribution in [0.2, 0.25) is 0 Å². The van der Waals surface area contributed by atoms with E-state index in [0.717, 1.165) is 48.2 Å². The molecule has 2 aromatic carbocycles. The van der Waals surface area contributed by atoms with Gasteiger partial charge in [-0.2, -0.15) is 20.2 Å². The summed E-state index contributed by atoms with van der Waals surface area (Å²) in [6.07, 6.45) is -0.342. The number of aromatic carboxylic acids is 4. The number of carboxylic acids is 5. The molecule has 0 aliphatic rings. The molecule has 0 saturated carbocycles. The molecular formula is C40H31N13O14S. The van der Waals surface area contributed by atoms with E-state index < -0.39 is 116 Å². The molecule has 0 radical (unpaired) electrons. The Morgan fingerprint density at radius 2 is 1.34 bits per heavy atom. The minimum atomic E-state index is -1.51. The third-order valence-electron chi connectivity index (χ3n) is 9.19. The highest BCUT2D eigenvalue weighted by atomic mass is 32.2. The van der Waals surface area contributed by atoms with E-state index in [0.29, 0.717) is 9.13 Å². The van der Waals surface area contributed by atoms with Crippen molar-refractivity contribution >= 4 is 87.8 Å². The lowest BCUT2D eigenvalue weighted by atomic mass is 10.1. The van der Waals surface area contributed by atoms with E-state index in [2.05, 4.69) is 57.5 Å². The van der Waals surface area contributed by atoms with Crippen LogP contribution in [0.1, 0.15) is 64.5 Å². The zero-order chi connectivity index (χ0) is 50.1. The minimum absolute atomic E-state index is 0.0610. The van der Waals surface area contributed by atoms with Crippen molar-refractivity contribution in [2.45, 2.75) is 32.0 Å². The Morgan fingerprint density at radius 1 is 0.794 bits per heavy atom. The fraction of sp³-hybridized carbons (Fsp3) is 0.150. The fourth-order valence-corrected chi connectivity index (χ4v) is 6.59. The summed E-state index contributed by atoms with van der Waals surface area (Å²) in [5, 5.41) is 99.5. The standard InChI is InChI=1S/C40H31N13O14S/c1-16-23(15-41)30(56)52(31(57)28(16)50-48-24-13-19(34(60)61)5-7-21(24)36(64)65)11-10-43-38-45-39(47-40(46-38)68-12-9-26(54)55)44-18(3)53-32(58)27(42-4)17(2)29(33(53)59)51-49-25-14-20(35(62)63)6-8-22(25)37(66)67/h5-8,13-14,56,58H,3,9-12H2,1-2H3,(H,54,55)(H,60,61)(H,62,63)(H,64,65)(H,66,67)(H2,43,44,45,46,47). The van der Waals surface area contributed by atoms with Crippen LogP contribution in [0.15, 0.2) is 78.2 Å². The smallest absolute Gasteiger partial charge is 0.337 e. The second kappa shape index (κ2) is 20.8. The highest BCUT2D eigenvalue weighted by molar-refractivity contribution is 7.99. The zero-order valence-electron chi connectivity index (χ0n) is 34.8. The molecule has 0 atom stereocenters. The van der Waals surface area contributed by atoms with Crippen LogP contribution < -0.4 is 21.8 Å². The van der Waals surface area contributed by atoms with E-state index in [-0.39, 0.29) is 52.1 Å². The molecule has 0 bridgehead atoms. The van der Waals surface area contributed by atoms with Crippen molar-refractivity contribution in [3.63, 3.8) is 0 Å². The zero-order valence-corrected chi connectivity index (χ0v) is 35.6. The molecule has 0 spiro atoms. The second-order valence-electron chi connectivity index (χ2n) is 13.5. The van der Waals surface area contributed by atoms with Gasteiger partial charge in [-0.25, -0.2) is 28.6 Å². The quantitative estimate of drug-likeness (QED) is 0.0281. The average Bonchev–Trinajstić information content (AvgIpc) is 3.27. The van der Waals surface area contributed by atoms with Gasteiger partial charge in [-0.15, -0.1) is 20.5 Å². The molecule has 68 heavy (non-hydrogen) atoms. The van der Waals surface area contributed by atoms with Gasteiger partial charge in [-0.05, 0) is 55.8 Å². The largest absolute Gasteiger partial charge is 0.502 e. The van der Waals surface area contributed by atoms with E-state index >= 15 is 0 Å². The van der Waals surface area contributed by atoms with Crippen molar-refractivity contribution in [2.75, 3.05) is 22.9 Å². The van der Waals surface area contributed by atoms with Gasteiger partial charge in [0.1, 0.15) is 34.5 Å². The summed E-state index contributed by atoms with van der Waals surface area (Å²) >= 11 is 0.839. The number of nitriles is 1. The van der Waals surface area contributed by atoms with E-state index in [9.17, 15) is 74.6 Å². The van der Waals surface area contributed by atoms with Crippen LogP contribution in [0.5, 0.6) is 11.8 Å². The number of thioether (sulfide) groups is 1. The van der Waals surface area contributed by atoms with Gasteiger partial charge >= 0.3 is 29.8 Å². The van der Waals surface area contributed by atoms with Crippen molar-refractivity contribution in [3.05, 3.63) is 114 Å². The molecule has 346 valence electrons. The number of hydrogen-bond donors (Lipinski definition) is 9. The predicted molar refractivity (Wildman–Crippen MR) is 235 cm³/mol. The molecule has 0 aliphatic carbocycles. The van der Waals surface area contributed by atoms with Gasteiger partial charge < -0.3 is 46.4 Å². The number of aromatic hydroxyl groups is 2. The Balaban J connectivity index is 1.50. The number of aliphatic carboxylic acids is 1. The molecule has 5 rings (SSSR count). The topological polar surface area (TPSA) is 411 Å². The van der Waals surface area contributed by atoms with Crippen LogP contribution in [-0.2, 0) is 11.3 Å². The third kappa shape index (κ3) is 10.7. The van der Waals surface area contributed by atoms with Crippen LogP contribution >= 0.6 is 11.8 Å². The summed E-state index contributed by atoms with van der Waals surface area (Å²) in [4.78, 5) is 101. The van der Waals surface area contributed by atoms with E-state index in [1.165, 1.54) is 13.8 Å². The molecule has 28 heteroatoms. The number of hydrogen-bond acceptors (Lipinski definition) is 20. The maximum absolute atomic E-state index is 13.9. The minimum Gasteiger partial charge on any atom is -0.502 e. The summed E-state index contributed by atoms with van der Waals surface area (Å²) in [7, 11) is 0. The van der Waals surface area contributed by atoms with Crippen LogP contribution in [0.3, 0.4) is 0 Å². The molecule has 0 unspecified atom stereocenters. The van der Waals surface area contributed by atoms with E-state index in [4.69, 9.17) is 6.57 Å². The lowest BCUT2D eigenvalue weighted by Crippen LogP contribution is -2.26. The number of carboxylic acid groups (broad SMARTS) is 5. The molecule has 0 saturated heterocycles. The van der Waals surface area contributed by atoms with E-state index in [1.807, 2.05) is 0 Å². The van der Waals surface area contributed by atoms with Gasteiger partial charge in [-0.1, -0.05) is 18.3 Å². The SMILES string of the molecule is [C-]#[N+]c1c(C)c(N=Nc2cc(C(=O)O)ccc2C(=O)O)c(=O)n(C(=C)Nc2nc(NCCn3c(O)c(C#N)c(C)c(N=Nc4cc(C(=O)O)ccc4C(=O)O)c3=O)nc(SCCC(=O)O)n2)c1O. The van der Waals surface area contributed by atoms with Gasteiger partial charge in [0, 0.05) is 24.4 Å². The molecular weight excluding hydrogens is 919 g/mol. The highest BCUT2D eigenvalue weighted by Crippen LogP contribution is 2.36. The number of pyridine rings is 2. The van der Waals surface area contributed by atoms with Gasteiger partial charge in [0.05, 0.1) is 35.2 Å². The molecule has 0 amide bonds. The lowest BCUT2D eigenvalue weighted by Gasteiger charge is -2.17. The first-order valence-corrected chi connectivity index (χ1v) is 19.8. The maximum Gasteiger partial charge on any atom is 0.337 e. The Labute approximate surface area is 383 Å². The normalized spacial score (nSPS) is 10.9. The van der Waals surface area contributed by atoms with Crippen LogP contribution in [-0.4, -0.2) is 102 Å². The Hall–Kier alpha value is -9.83. The molecule has 9 N–H and O–H groups in total. The Morgan fingerprint density at radius 3 is 1.84 bits per heavy atom. The molecule has 0 aliphatic heterocycles. The number of benzene rings is 2. The first-order valence-electron chi connectivity index (χ1n) is 18.8.